The van der Waals surface area contributed by atoms with E-state index in [-0.39, 0.29) is 0 Å². The molecule has 1 heterocycles. The second kappa shape index (κ2) is 5.80. The molecule has 100 valence electrons. The van der Waals surface area contributed by atoms with Crippen LogP contribution in [0.3, 0.4) is 0 Å². The van der Waals surface area contributed by atoms with Gasteiger partial charge in [0.05, 0.1) is 0 Å². The minimum atomic E-state index is 0.709. The second-order valence-electron chi connectivity index (χ2n) is 4.44. The smallest absolute Gasteiger partial charge is 0.207 e. The van der Waals surface area contributed by atoms with Crippen LogP contribution in [0.25, 0.3) is 5.69 Å². The number of para-hydroxylation sites is 1. The van der Waals surface area contributed by atoms with E-state index in [9.17, 15) is 0 Å². The molecule has 0 saturated heterocycles. The predicted octanol–water partition coefficient (Wildman–Crippen LogP) is 4.14. The van der Waals surface area contributed by atoms with Gasteiger partial charge in [0, 0.05) is 29.6 Å². The van der Waals surface area contributed by atoms with E-state index in [1.54, 1.807) is 6.20 Å². The summed E-state index contributed by atoms with van der Waals surface area (Å²) in [5, 5.41) is 4.09. The first-order valence-corrected chi connectivity index (χ1v) is 6.78. The minimum absolute atomic E-state index is 0.709. The lowest BCUT2D eigenvalue weighted by Crippen LogP contribution is -2.05. The molecule has 1 N–H and O–H groups in total. The van der Waals surface area contributed by atoms with Gasteiger partial charge >= 0.3 is 0 Å². The third-order valence-corrected chi connectivity index (χ3v) is 3.29. The molecular weight excluding hydrogens is 270 g/mol. The van der Waals surface area contributed by atoms with E-state index in [1.807, 2.05) is 53.2 Å². The lowest BCUT2D eigenvalue weighted by Gasteiger charge is -2.09. The van der Waals surface area contributed by atoms with Crippen molar-refractivity contribution in [2.45, 2.75) is 6.54 Å². The highest BCUT2D eigenvalue weighted by molar-refractivity contribution is 6.30. The second-order valence-corrected chi connectivity index (χ2v) is 4.87. The molecule has 3 aromatic rings. The van der Waals surface area contributed by atoms with E-state index in [4.69, 9.17) is 11.6 Å². The van der Waals surface area contributed by atoms with E-state index in [0.29, 0.717) is 6.54 Å². The Balaban J connectivity index is 1.76. The van der Waals surface area contributed by atoms with Crippen LogP contribution in [0, 0.1) is 0 Å². The zero-order valence-electron chi connectivity index (χ0n) is 10.8. The van der Waals surface area contributed by atoms with E-state index in [1.165, 1.54) is 0 Å². The minimum Gasteiger partial charge on any atom is -0.351 e. The largest absolute Gasteiger partial charge is 0.351 e. The highest BCUT2D eigenvalue weighted by Crippen LogP contribution is 2.15. The van der Waals surface area contributed by atoms with Crippen molar-refractivity contribution in [2.24, 2.45) is 0 Å². The van der Waals surface area contributed by atoms with Gasteiger partial charge in [-0.3, -0.25) is 4.57 Å². The first-order chi connectivity index (χ1) is 9.83. The zero-order chi connectivity index (χ0) is 13.8. The van der Waals surface area contributed by atoms with Crippen LogP contribution in [0.15, 0.2) is 67.0 Å². The molecule has 4 heteroatoms. The average Bonchev–Trinajstić information content (AvgIpc) is 2.96. The normalized spacial score (nSPS) is 10.4. The van der Waals surface area contributed by atoms with Crippen molar-refractivity contribution in [3.63, 3.8) is 0 Å². The maximum atomic E-state index is 5.88. The van der Waals surface area contributed by atoms with Crippen LogP contribution in [0.5, 0.6) is 0 Å². The Morgan fingerprint density at radius 3 is 2.50 bits per heavy atom. The zero-order valence-corrected chi connectivity index (χ0v) is 11.6. The van der Waals surface area contributed by atoms with E-state index >= 15 is 0 Å². The number of benzene rings is 2. The molecule has 20 heavy (non-hydrogen) atoms. The van der Waals surface area contributed by atoms with Crippen molar-refractivity contribution < 1.29 is 0 Å². The van der Waals surface area contributed by atoms with Crippen molar-refractivity contribution in [3.05, 3.63) is 77.6 Å². The number of nitrogens with zero attached hydrogens (tertiary/aromatic N) is 2. The first-order valence-electron chi connectivity index (χ1n) is 6.40. The fourth-order valence-corrected chi connectivity index (χ4v) is 2.14. The summed E-state index contributed by atoms with van der Waals surface area (Å²) in [5.74, 6) is 0.825. The molecule has 0 aliphatic heterocycles. The quantitative estimate of drug-likeness (QED) is 0.780. The van der Waals surface area contributed by atoms with Crippen molar-refractivity contribution in [1.29, 1.82) is 0 Å². The molecule has 0 aliphatic carbocycles. The Morgan fingerprint density at radius 2 is 1.75 bits per heavy atom. The molecule has 0 spiro atoms. The van der Waals surface area contributed by atoms with Gasteiger partial charge in [0.1, 0.15) is 0 Å². The van der Waals surface area contributed by atoms with Crippen LogP contribution < -0.4 is 5.32 Å². The molecular formula is C16H14ClN3. The van der Waals surface area contributed by atoms with Gasteiger partial charge in [-0.1, -0.05) is 41.9 Å². The van der Waals surface area contributed by atoms with Crippen LogP contribution in [-0.4, -0.2) is 9.55 Å². The van der Waals surface area contributed by atoms with Crippen LogP contribution in [0.1, 0.15) is 5.56 Å². The Bertz CT molecular complexity index is 674. The molecule has 0 saturated carbocycles. The van der Waals surface area contributed by atoms with Crippen LogP contribution in [-0.2, 0) is 6.54 Å². The molecule has 0 unspecified atom stereocenters. The molecule has 0 atom stereocenters. The van der Waals surface area contributed by atoms with Crippen LogP contribution in [0.2, 0.25) is 5.02 Å². The maximum absolute atomic E-state index is 5.88. The van der Waals surface area contributed by atoms with Gasteiger partial charge in [-0.05, 0) is 29.8 Å². The highest BCUT2D eigenvalue weighted by atomic mass is 35.5. The predicted molar refractivity (Wildman–Crippen MR) is 82.3 cm³/mol. The van der Waals surface area contributed by atoms with Crippen molar-refractivity contribution >= 4 is 17.5 Å². The SMILES string of the molecule is Clc1ccc(CNc2nccn2-c2ccccc2)cc1. The summed E-state index contributed by atoms with van der Waals surface area (Å²) in [6.07, 6.45) is 3.73. The molecule has 0 radical (unpaired) electrons. The number of halogens is 1. The third kappa shape index (κ3) is 2.83. The molecule has 0 amide bonds. The lowest BCUT2D eigenvalue weighted by molar-refractivity contribution is 1.00. The van der Waals surface area contributed by atoms with E-state index in [0.717, 1.165) is 22.2 Å². The molecule has 3 rings (SSSR count). The van der Waals surface area contributed by atoms with Crippen LogP contribution >= 0.6 is 11.6 Å². The van der Waals surface area contributed by atoms with Gasteiger partial charge in [0.25, 0.3) is 0 Å². The van der Waals surface area contributed by atoms with Crippen molar-refractivity contribution in [1.82, 2.24) is 9.55 Å². The van der Waals surface area contributed by atoms with E-state index in [2.05, 4.69) is 22.4 Å². The van der Waals surface area contributed by atoms with Gasteiger partial charge in [0.15, 0.2) is 0 Å². The first kappa shape index (κ1) is 12.8. The number of nitrogens with one attached hydrogen (secondary N) is 1. The average molecular weight is 284 g/mol. The van der Waals surface area contributed by atoms with Gasteiger partial charge in [-0.25, -0.2) is 4.98 Å². The lowest BCUT2D eigenvalue weighted by atomic mass is 10.2. The Hall–Kier alpha value is -2.26. The highest BCUT2D eigenvalue weighted by Gasteiger charge is 2.04. The number of hydrogen-bond acceptors (Lipinski definition) is 2. The standard InChI is InChI=1S/C16H14ClN3/c17-14-8-6-13(7-9-14)12-19-16-18-10-11-20(16)15-4-2-1-3-5-15/h1-11H,12H2,(H,18,19). The van der Waals surface area contributed by atoms with E-state index < -0.39 is 0 Å². The number of rotatable bonds is 4. The van der Waals surface area contributed by atoms with Gasteiger partial charge in [-0.15, -0.1) is 0 Å². The summed E-state index contributed by atoms with van der Waals surface area (Å²) < 4.78 is 2.02. The summed E-state index contributed by atoms with van der Waals surface area (Å²) in [6, 6.07) is 17.9. The molecule has 1 aromatic heterocycles. The molecule has 0 fully saturated rings. The third-order valence-electron chi connectivity index (χ3n) is 3.04. The van der Waals surface area contributed by atoms with Gasteiger partial charge in [-0.2, -0.15) is 0 Å². The van der Waals surface area contributed by atoms with Gasteiger partial charge < -0.3 is 5.32 Å². The fraction of sp³-hybridized carbons (Fsp3) is 0.0625. The molecule has 3 nitrogen and oxygen atoms in total. The summed E-state index contributed by atoms with van der Waals surface area (Å²) >= 11 is 5.88. The number of imidazole rings is 1. The topological polar surface area (TPSA) is 29.9 Å². The molecule has 2 aromatic carbocycles. The number of hydrogen-bond donors (Lipinski definition) is 1. The Labute approximate surface area is 122 Å². The fourth-order valence-electron chi connectivity index (χ4n) is 2.01. The molecule has 0 bridgehead atoms. The summed E-state index contributed by atoms with van der Waals surface area (Å²) in [4.78, 5) is 4.35. The maximum Gasteiger partial charge on any atom is 0.207 e. The Morgan fingerprint density at radius 1 is 1.00 bits per heavy atom. The number of aromatic nitrogens is 2. The monoisotopic (exact) mass is 283 g/mol. The van der Waals surface area contributed by atoms with Crippen molar-refractivity contribution in [3.8, 4) is 5.69 Å². The summed E-state index contributed by atoms with van der Waals surface area (Å²) in [7, 11) is 0. The Kier molecular flexibility index (Phi) is 3.70. The summed E-state index contributed by atoms with van der Waals surface area (Å²) in [5.41, 5.74) is 2.25. The summed E-state index contributed by atoms with van der Waals surface area (Å²) in [6.45, 7) is 0.709. The van der Waals surface area contributed by atoms with Gasteiger partial charge in [0.2, 0.25) is 5.95 Å². The van der Waals surface area contributed by atoms with Crippen molar-refractivity contribution in [2.75, 3.05) is 5.32 Å². The molecule has 0 aliphatic rings. The number of anilines is 1. The van der Waals surface area contributed by atoms with Crippen LogP contribution in [0.4, 0.5) is 5.95 Å².